The zero-order valence-corrected chi connectivity index (χ0v) is 12.1. The normalized spacial score (nSPS) is 18.1. The van der Waals surface area contributed by atoms with Gasteiger partial charge >= 0.3 is 5.97 Å². The lowest BCUT2D eigenvalue weighted by molar-refractivity contribution is -0.131. The fraction of sp³-hybridized carbons (Fsp3) is 0.400. The van der Waals surface area contributed by atoms with Crippen LogP contribution in [0.2, 0.25) is 0 Å². The summed E-state index contributed by atoms with van der Waals surface area (Å²) in [5.41, 5.74) is 2.25. The molecule has 1 aromatic carbocycles. The first-order valence-corrected chi connectivity index (χ1v) is 6.34. The first-order chi connectivity index (χ1) is 9.36. The Morgan fingerprint density at radius 2 is 1.90 bits per heavy atom. The highest BCUT2D eigenvalue weighted by atomic mass is 16.5. The van der Waals surface area contributed by atoms with Crippen LogP contribution >= 0.6 is 0 Å². The van der Waals surface area contributed by atoms with Gasteiger partial charge in [-0.05, 0) is 38.0 Å². The molecule has 0 unspecified atom stereocenters. The summed E-state index contributed by atoms with van der Waals surface area (Å²) in [6.07, 6.45) is 1.96. The van der Waals surface area contributed by atoms with Crippen molar-refractivity contribution >= 4 is 11.7 Å². The Labute approximate surface area is 118 Å². The van der Waals surface area contributed by atoms with Crippen molar-refractivity contribution in [3.8, 4) is 11.5 Å². The number of hydrogen-bond acceptors (Lipinski definition) is 4. The highest BCUT2D eigenvalue weighted by Gasteiger charge is 2.29. The van der Waals surface area contributed by atoms with Gasteiger partial charge in [0.05, 0.1) is 14.2 Å². The van der Waals surface area contributed by atoms with Crippen LogP contribution in [0.4, 0.5) is 0 Å². The number of aliphatic carboxylic acids is 1. The number of nitrogens with one attached hydrogen (secondary N) is 1. The average molecular weight is 277 g/mol. The molecule has 0 saturated carbocycles. The molecule has 1 heterocycles. The second kappa shape index (κ2) is 5.07. The van der Waals surface area contributed by atoms with Crippen LogP contribution in [-0.4, -0.2) is 30.8 Å². The zero-order valence-electron chi connectivity index (χ0n) is 12.1. The van der Waals surface area contributed by atoms with Crippen molar-refractivity contribution in [2.24, 2.45) is 0 Å². The monoisotopic (exact) mass is 277 g/mol. The summed E-state index contributed by atoms with van der Waals surface area (Å²) >= 11 is 0. The summed E-state index contributed by atoms with van der Waals surface area (Å²) in [5, 5.41) is 12.3. The lowest BCUT2D eigenvalue weighted by Crippen LogP contribution is -2.43. The fourth-order valence-corrected chi connectivity index (χ4v) is 2.51. The summed E-state index contributed by atoms with van der Waals surface area (Å²) in [4.78, 5) is 11.0. The fourth-order valence-electron chi connectivity index (χ4n) is 2.51. The molecule has 1 aliphatic heterocycles. The minimum absolute atomic E-state index is 0.214. The van der Waals surface area contributed by atoms with Crippen LogP contribution in [0, 0.1) is 0 Å². The number of ether oxygens (including phenoxy) is 2. The Morgan fingerprint density at radius 3 is 2.45 bits per heavy atom. The van der Waals surface area contributed by atoms with E-state index in [2.05, 4.69) is 5.32 Å². The molecule has 2 N–H and O–H groups in total. The van der Waals surface area contributed by atoms with E-state index in [9.17, 15) is 4.79 Å². The molecule has 0 amide bonds. The Kier molecular flexibility index (Phi) is 3.61. The van der Waals surface area contributed by atoms with E-state index in [1.54, 1.807) is 14.2 Å². The van der Waals surface area contributed by atoms with Gasteiger partial charge in [0, 0.05) is 22.9 Å². The van der Waals surface area contributed by atoms with Crippen molar-refractivity contribution in [2.45, 2.75) is 25.8 Å². The van der Waals surface area contributed by atoms with E-state index in [-0.39, 0.29) is 5.54 Å². The smallest absolute Gasteiger partial charge is 0.330 e. The molecule has 0 aliphatic carbocycles. The predicted octanol–water partition coefficient (Wildman–Crippen LogP) is 2.05. The van der Waals surface area contributed by atoms with E-state index in [0.29, 0.717) is 17.2 Å². The SMILES string of the molecule is COc1cc2c(cc1OC)C(=CC(=O)O)NC(C)(C)C2. The predicted molar refractivity (Wildman–Crippen MR) is 76.1 cm³/mol. The third-order valence-corrected chi connectivity index (χ3v) is 3.27. The van der Waals surface area contributed by atoms with Crippen LogP contribution in [-0.2, 0) is 11.2 Å². The van der Waals surface area contributed by atoms with Gasteiger partial charge in [0.1, 0.15) is 0 Å². The van der Waals surface area contributed by atoms with E-state index >= 15 is 0 Å². The number of carbonyl (C=O) groups is 1. The van der Waals surface area contributed by atoms with Gasteiger partial charge < -0.3 is 19.9 Å². The molecule has 0 fully saturated rings. The Morgan fingerprint density at radius 1 is 1.30 bits per heavy atom. The van der Waals surface area contributed by atoms with Gasteiger partial charge in [0.2, 0.25) is 0 Å². The molecule has 0 spiro atoms. The van der Waals surface area contributed by atoms with Gasteiger partial charge in [-0.3, -0.25) is 0 Å². The molecule has 5 nitrogen and oxygen atoms in total. The van der Waals surface area contributed by atoms with Gasteiger partial charge in [-0.2, -0.15) is 0 Å². The molecule has 108 valence electrons. The van der Waals surface area contributed by atoms with Gasteiger partial charge in [0.25, 0.3) is 0 Å². The highest BCUT2D eigenvalue weighted by molar-refractivity contribution is 5.91. The van der Waals surface area contributed by atoms with Gasteiger partial charge in [-0.15, -0.1) is 0 Å². The summed E-state index contributed by atoms with van der Waals surface area (Å²) in [6, 6.07) is 3.72. The topological polar surface area (TPSA) is 67.8 Å². The molecular formula is C15H19NO4. The van der Waals surface area contributed by atoms with Crippen LogP contribution in [0.25, 0.3) is 5.70 Å². The Bertz CT molecular complexity index is 575. The maximum atomic E-state index is 11.0. The maximum absolute atomic E-state index is 11.0. The number of fused-ring (bicyclic) bond motifs is 1. The zero-order chi connectivity index (χ0) is 14.9. The third-order valence-electron chi connectivity index (χ3n) is 3.27. The van der Waals surface area contributed by atoms with Gasteiger partial charge in [-0.1, -0.05) is 0 Å². The standard InChI is InChI=1S/C15H19NO4/c1-15(2)8-9-5-12(19-3)13(20-4)6-10(9)11(16-15)7-14(17)18/h5-7,16H,8H2,1-4H3,(H,17,18). The third kappa shape index (κ3) is 2.71. The summed E-state index contributed by atoms with van der Waals surface area (Å²) in [6.45, 7) is 4.06. The van der Waals surface area contributed by atoms with Crippen molar-refractivity contribution in [3.05, 3.63) is 29.3 Å². The minimum atomic E-state index is -0.981. The van der Waals surface area contributed by atoms with Crippen LogP contribution < -0.4 is 14.8 Å². The average Bonchev–Trinajstić information content (AvgIpc) is 2.35. The molecule has 0 bridgehead atoms. The summed E-state index contributed by atoms with van der Waals surface area (Å²) < 4.78 is 10.6. The van der Waals surface area contributed by atoms with E-state index in [0.717, 1.165) is 17.5 Å². The number of carboxylic acid groups (broad SMARTS) is 1. The highest BCUT2D eigenvalue weighted by Crippen LogP contribution is 2.37. The summed E-state index contributed by atoms with van der Waals surface area (Å²) in [7, 11) is 3.15. The summed E-state index contributed by atoms with van der Waals surface area (Å²) in [5.74, 6) is 0.258. The molecule has 2 rings (SSSR count). The van der Waals surface area contributed by atoms with Crippen LogP contribution in [0.15, 0.2) is 18.2 Å². The first kappa shape index (κ1) is 14.2. The molecule has 20 heavy (non-hydrogen) atoms. The van der Waals surface area contributed by atoms with Crippen molar-refractivity contribution < 1.29 is 19.4 Å². The molecule has 1 aromatic rings. The number of rotatable bonds is 3. The van der Waals surface area contributed by atoms with Crippen LogP contribution in [0.5, 0.6) is 11.5 Å². The number of carboxylic acids is 1. The Hall–Kier alpha value is -2.17. The molecule has 0 saturated heterocycles. The number of benzene rings is 1. The van der Waals surface area contributed by atoms with Crippen molar-refractivity contribution in [1.82, 2.24) is 5.32 Å². The second-order valence-electron chi connectivity index (χ2n) is 5.45. The molecule has 0 aromatic heterocycles. The number of methoxy groups -OCH3 is 2. The molecule has 0 atom stereocenters. The van der Waals surface area contributed by atoms with E-state index < -0.39 is 5.97 Å². The van der Waals surface area contributed by atoms with Gasteiger partial charge in [0.15, 0.2) is 11.5 Å². The van der Waals surface area contributed by atoms with E-state index in [4.69, 9.17) is 14.6 Å². The first-order valence-electron chi connectivity index (χ1n) is 6.34. The van der Waals surface area contributed by atoms with Crippen molar-refractivity contribution in [2.75, 3.05) is 14.2 Å². The minimum Gasteiger partial charge on any atom is -0.493 e. The maximum Gasteiger partial charge on any atom is 0.330 e. The molecule has 0 radical (unpaired) electrons. The van der Waals surface area contributed by atoms with Crippen molar-refractivity contribution in [1.29, 1.82) is 0 Å². The number of hydrogen-bond donors (Lipinski definition) is 2. The van der Waals surface area contributed by atoms with E-state index in [1.165, 1.54) is 6.08 Å². The van der Waals surface area contributed by atoms with Crippen molar-refractivity contribution in [3.63, 3.8) is 0 Å². The molecule has 5 heteroatoms. The molecular weight excluding hydrogens is 258 g/mol. The van der Waals surface area contributed by atoms with Gasteiger partial charge in [-0.25, -0.2) is 4.79 Å². The Balaban J connectivity index is 2.61. The lowest BCUT2D eigenvalue weighted by Gasteiger charge is -2.35. The van der Waals surface area contributed by atoms with Crippen LogP contribution in [0.3, 0.4) is 0 Å². The quantitative estimate of drug-likeness (QED) is 0.828. The van der Waals surface area contributed by atoms with E-state index in [1.807, 2.05) is 26.0 Å². The second-order valence-corrected chi connectivity index (χ2v) is 5.45. The molecule has 1 aliphatic rings. The largest absolute Gasteiger partial charge is 0.493 e. The lowest BCUT2D eigenvalue weighted by atomic mass is 9.85. The van der Waals surface area contributed by atoms with Crippen LogP contribution in [0.1, 0.15) is 25.0 Å².